The van der Waals surface area contributed by atoms with E-state index in [0.29, 0.717) is 10.9 Å². The standard InChI is InChI=1S/C7H10BrNO3S2/c8-6-2-5-13-7(6)14(11,12)9-3-1-4-10/h2,5,9-10H,1,3-4H2. The smallest absolute Gasteiger partial charge is 0.251 e. The van der Waals surface area contributed by atoms with Gasteiger partial charge in [-0.05, 0) is 33.8 Å². The average molecular weight is 300 g/mol. The van der Waals surface area contributed by atoms with E-state index in [9.17, 15) is 8.42 Å². The van der Waals surface area contributed by atoms with Crippen LogP contribution in [0.15, 0.2) is 20.1 Å². The molecule has 0 unspecified atom stereocenters. The molecule has 0 aromatic carbocycles. The van der Waals surface area contributed by atoms with Gasteiger partial charge >= 0.3 is 0 Å². The van der Waals surface area contributed by atoms with Crippen molar-refractivity contribution in [1.29, 1.82) is 0 Å². The fourth-order valence-corrected chi connectivity index (χ4v) is 4.28. The van der Waals surface area contributed by atoms with Crippen LogP contribution in [0.2, 0.25) is 0 Å². The van der Waals surface area contributed by atoms with E-state index in [4.69, 9.17) is 5.11 Å². The summed E-state index contributed by atoms with van der Waals surface area (Å²) < 4.78 is 26.4. The molecular weight excluding hydrogens is 290 g/mol. The largest absolute Gasteiger partial charge is 0.396 e. The van der Waals surface area contributed by atoms with Gasteiger partial charge in [0, 0.05) is 17.6 Å². The summed E-state index contributed by atoms with van der Waals surface area (Å²) in [5, 5.41) is 10.2. The molecule has 1 aromatic heterocycles. The van der Waals surface area contributed by atoms with Crippen LogP contribution in [0.4, 0.5) is 0 Å². The van der Waals surface area contributed by atoms with E-state index in [2.05, 4.69) is 20.7 Å². The third kappa shape index (κ3) is 3.03. The predicted molar refractivity (Wildman–Crippen MR) is 58.9 cm³/mol. The van der Waals surface area contributed by atoms with Crippen LogP contribution in [0.25, 0.3) is 0 Å². The second kappa shape index (κ2) is 5.22. The van der Waals surface area contributed by atoms with Crippen molar-refractivity contribution >= 4 is 37.3 Å². The summed E-state index contributed by atoms with van der Waals surface area (Å²) in [6, 6.07) is 1.69. The summed E-state index contributed by atoms with van der Waals surface area (Å²) in [4.78, 5) is 0. The Morgan fingerprint density at radius 1 is 1.57 bits per heavy atom. The lowest BCUT2D eigenvalue weighted by Crippen LogP contribution is -2.24. The van der Waals surface area contributed by atoms with Gasteiger partial charge < -0.3 is 5.11 Å². The second-order valence-corrected chi connectivity index (χ2v) is 6.26. The summed E-state index contributed by atoms with van der Waals surface area (Å²) in [6.45, 7) is 0.233. The number of hydrogen-bond donors (Lipinski definition) is 2. The third-order valence-corrected chi connectivity index (χ3v) is 5.59. The van der Waals surface area contributed by atoms with Gasteiger partial charge in [-0.3, -0.25) is 0 Å². The Hall–Kier alpha value is 0.0500. The lowest BCUT2D eigenvalue weighted by Gasteiger charge is -2.03. The molecule has 1 aromatic rings. The Morgan fingerprint density at radius 2 is 2.29 bits per heavy atom. The molecule has 0 radical (unpaired) electrons. The first-order chi connectivity index (χ1) is 6.58. The number of nitrogens with one attached hydrogen (secondary N) is 1. The van der Waals surface area contributed by atoms with Gasteiger partial charge in [-0.25, -0.2) is 13.1 Å². The fourth-order valence-electron chi connectivity index (χ4n) is 0.823. The minimum absolute atomic E-state index is 0.0197. The third-order valence-electron chi connectivity index (χ3n) is 1.46. The van der Waals surface area contributed by atoms with E-state index in [1.165, 1.54) is 0 Å². The maximum Gasteiger partial charge on any atom is 0.251 e. The summed E-state index contributed by atoms with van der Waals surface area (Å²) >= 11 is 4.31. The summed E-state index contributed by atoms with van der Waals surface area (Å²) in [7, 11) is -3.41. The molecule has 0 fully saturated rings. The van der Waals surface area contributed by atoms with Crippen LogP contribution >= 0.6 is 27.3 Å². The van der Waals surface area contributed by atoms with Gasteiger partial charge in [0.2, 0.25) is 0 Å². The van der Waals surface area contributed by atoms with Crippen LogP contribution < -0.4 is 4.72 Å². The maximum atomic E-state index is 11.6. The molecule has 2 N–H and O–H groups in total. The number of rotatable bonds is 5. The number of thiophene rings is 1. The van der Waals surface area contributed by atoms with Crippen molar-refractivity contribution in [2.45, 2.75) is 10.6 Å². The number of hydrogen-bond acceptors (Lipinski definition) is 4. The Labute approximate surface area is 95.1 Å². The van der Waals surface area contributed by atoms with Gasteiger partial charge in [0.25, 0.3) is 10.0 Å². The molecule has 0 bridgehead atoms. The first-order valence-corrected chi connectivity index (χ1v) is 7.07. The zero-order chi connectivity index (χ0) is 10.6. The molecule has 0 spiro atoms. The van der Waals surface area contributed by atoms with Crippen LogP contribution in [-0.2, 0) is 10.0 Å². The molecule has 0 aliphatic rings. The summed E-state index contributed by atoms with van der Waals surface area (Å²) in [6.07, 6.45) is 0.419. The highest BCUT2D eigenvalue weighted by molar-refractivity contribution is 9.10. The highest BCUT2D eigenvalue weighted by Gasteiger charge is 2.17. The van der Waals surface area contributed by atoms with Gasteiger partial charge in [-0.2, -0.15) is 0 Å². The Kier molecular flexibility index (Phi) is 4.52. The Bertz CT molecular complexity index is 387. The first-order valence-electron chi connectivity index (χ1n) is 3.91. The lowest BCUT2D eigenvalue weighted by atomic mass is 10.5. The monoisotopic (exact) mass is 299 g/mol. The molecule has 0 aliphatic heterocycles. The average Bonchev–Trinajstić information content (AvgIpc) is 2.52. The molecule has 1 heterocycles. The normalized spacial score (nSPS) is 11.9. The second-order valence-electron chi connectivity index (χ2n) is 2.53. The number of aliphatic hydroxyl groups excluding tert-OH is 1. The molecule has 4 nitrogen and oxygen atoms in total. The molecular formula is C7H10BrNO3S2. The maximum absolute atomic E-state index is 11.6. The predicted octanol–water partition coefficient (Wildman–Crippen LogP) is 1.17. The van der Waals surface area contributed by atoms with E-state index in [1.54, 1.807) is 11.4 Å². The van der Waals surface area contributed by atoms with Crippen LogP contribution in [-0.4, -0.2) is 26.7 Å². The van der Waals surface area contributed by atoms with Crippen molar-refractivity contribution in [3.05, 3.63) is 15.9 Å². The van der Waals surface area contributed by atoms with Crippen LogP contribution in [0.5, 0.6) is 0 Å². The summed E-state index contributed by atoms with van der Waals surface area (Å²) in [5.41, 5.74) is 0. The van der Waals surface area contributed by atoms with Crippen LogP contribution in [0.1, 0.15) is 6.42 Å². The Morgan fingerprint density at radius 3 is 2.79 bits per heavy atom. The van der Waals surface area contributed by atoms with E-state index in [1.807, 2.05) is 0 Å². The molecule has 7 heteroatoms. The topological polar surface area (TPSA) is 66.4 Å². The highest BCUT2D eigenvalue weighted by atomic mass is 79.9. The SMILES string of the molecule is O=S(=O)(NCCCO)c1sccc1Br. The van der Waals surface area contributed by atoms with E-state index in [-0.39, 0.29) is 17.4 Å². The molecule has 80 valence electrons. The molecule has 0 amide bonds. The van der Waals surface area contributed by atoms with Gasteiger partial charge in [-0.1, -0.05) is 0 Å². The van der Waals surface area contributed by atoms with Gasteiger partial charge in [0.15, 0.2) is 0 Å². The molecule has 0 atom stereocenters. The van der Waals surface area contributed by atoms with Crippen molar-refractivity contribution < 1.29 is 13.5 Å². The van der Waals surface area contributed by atoms with E-state index in [0.717, 1.165) is 11.3 Å². The number of sulfonamides is 1. The molecule has 1 rings (SSSR count). The van der Waals surface area contributed by atoms with E-state index >= 15 is 0 Å². The molecule has 14 heavy (non-hydrogen) atoms. The Balaban J connectivity index is 2.72. The van der Waals surface area contributed by atoms with Gasteiger partial charge in [0.1, 0.15) is 4.21 Å². The van der Waals surface area contributed by atoms with Gasteiger partial charge in [-0.15, -0.1) is 11.3 Å². The zero-order valence-electron chi connectivity index (χ0n) is 7.23. The number of halogens is 1. The molecule has 0 saturated heterocycles. The minimum atomic E-state index is -3.41. The highest BCUT2D eigenvalue weighted by Crippen LogP contribution is 2.27. The van der Waals surface area contributed by atoms with Crippen molar-refractivity contribution in [3.8, 4) is 0 Å². The van der Waals surface area contributed by atoms with Crippen molar-refractivity contribution in [2.75, 3.05) is 13.2 Å². The first kappa shape index (κ1) is 12.1. The molecule has 0 aliphatic carbocycles. The zero-order valence-corrected chi connectivity index (χ0v) is 10.5. The van der Waals surface area contributed by atoms with Crippen molar-refractivity contribution in [3.63, 3.8) is 0 Å². The van der Waals surface area contributed by atoms with Crippen molar-refractivity contribution in [2.24, 2.45) is 0 Å². The van der Waals surface area contributed by atoms with Crippen molar-refractivity contribution in [1.82, 2.24) is 4.72 Å². The van der Waals surface area contributed by atoms with Crippen LogP contribution in [0.3, 0.4) is 0 Å². The van der Waals surface area contributed by atoms with E-state index < -0.39 is 10.0 Å². The fraction of sp³-hybridized carbons (Fsp3) is 0.429. The quantitative estimate of drug-likeness (QED) is 0.802. The molecule has 0 saturated carbocycles. The number of aliphatic hydroxyl groups is 1. The summed E-state index contributed by atoms with van der Waals surface area (Å²) in [5.74, 6) is 0. The lowest BCUT2D eigenvalue weighted by molar-refractivity contribution is 0.289. The minimum Gasteiger partial charge on any atom is -0.396 e. The van der Waals surface area contributed by atoms with Gasteiger partial charge in [0.05, 0.1) is 0 Å². The van der Waals surface area contributed by atoms with Crippen LogP contribution in [0, 0.1) is 0 Å².